The van der Waals surface area contributed by atoms with Crippen molar-refractivity contribution in [3.63, 3.8) is 0 Å². The molecule has 3 aliphatic rings. The van der Waals surface area contributed by atoms with Crippen LogP contribution in [0.3, 0.4) is 0 Å². The van der Waals surface area contributed by atoms with Crippen LogP contribution in [0.2, 0.25) is 0 Å². The Labute approximate surface area is 260 Å². The number of amides is 1. The number of primary amides is 1. The Bertz CT molecular complexity index is 1640. The van der Waals surface area contributed by atoms with Crippen molar-refractivity contribution in [2.45, 2.75) is 43.0 Å². The van der Waals surface area contributed by atoms with Gasteiger partial charge in [-0.2, -0.15) is 5.90 Å². The molecule has 0 aromatic heterocycles. The first-order valence-corrected chi connectivity index (χ1v) is 14.6. The molecule has 240 valence electrons. The number of nitrogens with zero attached hydrogens (tertiary/aromatic N) is 2. The van der Waals surface area contributed by atoms with Gasteiger partial charge in [0.05, 0.1) is 22.7 Å². The maximum absolute atomic E-state index is 14.4. The summed E-state index contributed by atoms with van der Waals surface area (Å²) in [6.07, 6.45) is 0.579. The molecule has 13 nitrogen and oxygen atoms in total. The molecule has 1 unspecified atom stereocenters. The van der Waals surface area contributed by atoms with Crippen LogP contribution in [0.15, 0.2) is 59.1 Å². The van der Waals surface area contributed by atoms with E-state index in [1.54, 1.807) is 20.2 Å². The summed E-state index contributed by atoms with van der Waals surface area (Å²) in [6, 6.07) is 10.6. The molecular formula is C32H40N6O7. The van der Waals surface area contributed by atoms with E-state index >= 15 is 0 Å². The zero-order valence-electron chi connectivity index (χ0n) is 25.8. The second-order valence-electron chi connectivity index (χ2n) is 12.5. The molecule has 0 spiro atoms. The topological polar surface area (TPSA) is 218 Å². The van der Waals surface area contributed by atoms with Crippen LogP contribution < -0.4 is 27.6 Å². The Balaban J connectivity index is 1.63. The minimum atomic E-state index is -2.66. The lowest BCUT2D eigenvalue weighted by Crippen LogP contribution is -2.69. The van der Waals surface area contributed by atoms with E-state index < -0.39 is 57.7 Å². The van der Waals surface area contributed by atoms with Crippen LogP contribution in [0.1, 0.15) is 33.5 Å². The van der Waals surface area contributed by atoms with Gasteiger partial charge in [0.15, 0.2) is 17.1 Å². The van der Waals surface area contributed by atoms with Crippen LogP contribution in [0.25, 0.3) is 0 Å². The van der Waals surface area contributed by atoms with E-state index in [1.807, 2.05) is 49.3 Å². The summed E-state index contributed by atoms with van der Waals surface area (Å²) in [5, 5.41) is 38.0. The first-order valence-electron chi connectivity index (χ1n) is 14.6. The highest BCUT2D eigenvalue weighted by Crippen LogP contribution is 2.54. The Hall–Kier alpha value is -4.27. The highest BCUT2D eigenvalue weighted by molar-refractivity contribution is 6.25. The van der Waals surface area contributed by atoms with Crippen LogP contribution in [0.4, 0.5) is 5.69 Å². The molecule has 10 N–H and O–H groups in total. The lowest BCUT2D eigenvalue weighted by molar-refractivity contribution is -0.151. The molecule has 2 aromatic rings. The zero-order chi connectivity index (χ0) is 33.0. The van der Waals surface area contributed by atoms with Crippen LogP contribution in [-0.4, -0.2) is 89.6 Å². The number of fused-ring (bicyclic) bond motifs is 3. The number of rotatable bonds is 9. The van der Waals surface area contributed by atoms with Gasteiger partial charge in [-0.15, -0.1) is 0 Å². The number of aliphatic hydroxyl groups is 2. The van der Waals surface area contributed by atoms with E-state index in [0.29, 0.717) is 23.4 Å². The largest absolute Gasteiger partial charge is 0.510 e. The van der Waals surface area contributed by atoms with E-state index in [4.69, 9.17) is 22.2 Å². The number of carbonyl (C=O) groups excluding carboxylic acids is 3. The smallest absolute Gasteiger partial charge is 0.255 e. The first kappa shape index (κ1) is 32.1. The van der Waals surface area contributed by atoms with Gasteiger partial charge in [0.2, 0.25) is 5.78 Å². The van der Waals surface area contributed by atoms with Gasteiger partial charge in [-0.25, -0.2) is 0 Å². The van der Waals surface area contributed by atoms with Crippen molar-refractivity contribution < 1.29 is 34.5 Å². The minimum absolute atomic E-state index is 0.00707. The summed E-state index contributed by atoms with van der Waals surface area (Å²) in [6.45, 7) is 0.855. The third-order valence-corrected chi connectivity index (χ3v) is 9.24. The number of nitrogens with two attached hydrogens (primary N) is 3. The molecule has 5 rings (SSSR count). The molecule has 0 heterocycles. The maximum Gasteiger partial charge on any atom is 0.255 e. The third kappa shape index (κ3) is 4.96. The Morgan fingerprint density at radius 3 is 2.38 bits per heavy atom. The van der Waals surface area contributed by atoms with Crippen molar-refractivity contribution in [3.8, 4) is 5.75 Å². The number of benzene rings is 2. The number of Topliss-reactive ketones (excluding diaryl/α,β-unsaturated/α-hetero) is 2. The average molecular weight is 621 g/mol. The molecule has 0 saturated heterocycles. The number of hydrogen-bond donors (Lipinski definition) is 7. The molecule has 3 aliphatic carbocycles. The number of nitrogens with one attached hydrogen (secondary N) is 1. The SMILES string of the molecule is CN(C)c1cc(CNCCc2ccccc2)c(O)c2c1C[C@@]1(N)C[C@H]3C(N(C)C)C(O)=C(C(N)=O)C(=O)[C@@]3(O)C(ON)=C1C2=O. The number of phenols is 1. The van der Waals surface area contributed by atoms with Crippen molar-refractivity contribution in [1.82, 2.24) is 10.2 Å². The predicted octanol–water partition coefficient (Wildman–Crippen LogP) is -0.0675. The zero-order valence-corrected chi connectivity index (χ0v) is 25.8. The number of hydrogen-bond acceptors (Lipinski definition) is 12. The molecule has 1 amide bonds. The summed E-state index contributed by atoms with van der Waals surface area (Å²) in [5.74, 6) is -0.313. The standard InChI is InChI=1S/C32H40N6O7/c1-37(2)20-12-17(15-36-11-10-16-8-6-5-7-9-16)25(39)21-18(20)13-31(34)14-19-24(38(3)4)27(41)22(30(33)43)28(42)32(19,44)29(45-35)23(31)26(21)40/h5-9,12,19,24,36,39,41,44H,10-11,13-15,34-35H2,1-4H3,(H2,33,43)/t19-,24?,31+,32+/m0/s1. The summed E-state index contributed by atoms with van der Waals surface area (Å²) in [7, 11) is 6.78. The van der Waals surface area contributed by atoms with E-state index in [2.05, 4.69) is 5.32 Å². The van der Waals surface area contributed by atoms with Crippen molar-refractivity contribution in [2.24, 2.45) is 23.3 Å². The number of carbonyl (C=O) groups is 3. The first-order chi connectivity index (χ1) is 21.2. The highest BCUT2D eigenvalue weighted by atomic mass is 16.6. The Kier molecular flexibility index (Phi) is 8.27. The summed E-state index contributed by atoms with van der Waals surface area (Å²) < 4.78 is 0. The van der Waals surface area contributed by atoms with Crippen LogP contribution in [0, 0.1) is 5.92 Å². The van der Waals surface area contributed by atoms with Gasteiger partial charge in [0.1, 0.15) is 17.1 Å². The molecule has 4 atom stereocenters. The molecule has 13 heteroatoms. The fourth-order valence-corrected chi connectivity index (χ4v) is 7.22. The van der Waals surface area contributed by atoms with Crippen LogP contribution >= 0.6 is 0 Å². The third-order valence-electron chi connectivity index (χ3n) is 9.24. The number of aromatic hydroxyl groups is 1. The normalized spacial score (nSPS) is 26.0. The lowest BCUT2D eigenvalue weighted by atomic mass is 9.56. The molecule has 0 radical (unpaired) electrons. The van der Waals surface area contributed by atoms with Gasteiger partial charge < -0.3 is 41.8 Å². The maximum atomic E-state index is 14.4. The Morgan fingerprint density at radius 1 is 1.13 bits per heavy atom. The van der Waals surface area contributed by atoms with Crippen molar-refractivity contribution in [2.75, 3.05) is 39.6 Å². The number of anilines is 1. The lowest BCUT2D eigenvalue weighted by Gasteiger charge is -2.53. The highest BCUT2D eigenvalue weighted by Gasteiger charge is 2.66. The van der Waals surface area contributed by atoms with Crippen LogP contribution in [0.5, 0.6) is 5.75 Å². The van der Waals surface area contributed by atoms with Crippen molar-refractivity contribution in [3.05, 3.63) is 81.3 Å². The number of likely N-dealkylation sites (N-methyl/N-ethyl adjacent to an activating group) is 1. The van der Waals surface area contributed by atoms with Gasteiger partial charge in [-0.05, 0) is 57.1 Å². The molecular weight excluding hydrogens is 580 g/mol. The van der Waals surface area contributed by atoms with E-state index in [9.17, 15) is 29.7 Å². The summed E-state index contributed by atoms with van der Waals surface area (Å²) in [4.78, 5) is 49.0. The van der Waals surface area contributed by atoms with E-state index in [-0.39, 0.29) is 36.3 Å². The van der Waals surface area contributed by atoms with Gasteiger partial charge in [0, 0.05) is 37.8 Å². The molecule has 45 heavy (non-hydrogen) atoms. The minimum Gasteiger partial charge on any atom is -0.510 e. The molecule has 0 fully saturated rings. The van der Waals surface area contributed by atoms with Crippen LogP contribution in [-0.2, 0) is 33.8 Å². The van der Waals surface area contributed by atoms with Crippen molar-refractivity contribution >= 4 is 23.2 Å². The molecule has 0 aliphatic heterocycles. The van der Waals surface area contributed by atoms with E-state index in [0.717, 1.165) is 12.0 Å². The monoisotopic (exact) mass is 620 g/mol. The fraction of sp³-hybridized carbons (Fsp3) is 0.406. The number of ketones is 2. The van der Waals surface area contributed by atoms with Gasteiger partial charge in [0.25, 0.3) is 5.91 Å². The van der Waals surface area contributed by atoms with Crippen molar-refractivity contribution in [1.29, 1.82) is 0 Å². The molecule has 0 bridgehead atoms. The molecule has 2 aromatic carbocycles. The Morgan fingerprint density at radius 2 is 1.80 bits per heavy atom. The van der Waals surface area contributed by atoms with Gasteiger partial charge in [-0.3, -0.25) is 19.3 Å². The van der Waals surface area contributed by atoms with Gasteiger partial charge >= 0.3 is 0 Å². The number of aliphatic hydroxyl groups excluding tert-OH is 1. The van der Waals surface area contributed by atoms with Gasteiger partial charge in [-0.1, -0.05) is 30.3 Å². The fourth-order valence-electron chi connectivity index (χ4n) is 7.22. The number of phenolic OH excluding ortho intramolecular Hbond substituents is 1. The second-order valence-corrected chi connectivity index (χ2v) is 12.5. The second kappa shape index (κ2) is 11.6. The average Bonchev–Trinajstić information content (AvgIpc) is 2.96. The quantitative estimate of drug-likeness (QED) is 0.111. The molecule has 0 saturated carbocycles. The predicted molar refractivity (Wildman–Crippen MR) is 166 cm³/mol. The summed E-state index contributed by atoms with van der Waals surface area (Å²) in [5.41, 5.74) is 9.83. The van der Waals surface area contributed by atoms with E-state index in [1.165, 1.54) is 4.90 Å². The summed E-state index contributed by atoms with van der Waals surface area (Å²) >= 11 is 0.